The summed E-state index contributed by atoms with van der Waals surface area (Å²) < 4.78 is 5.48. The molecule has 0 fully saturated rings. The van der Waals surface area contributed by atoms with Gasteiger partial charge in [0.05, 0.1) is 0 Å². The average Bonchev–Trinajstić information content (AvgIpc) is 3.11. The van der Waals surface area contributed by atoms with Crippen LogP contribution >= 0.6 is 0 Å². The van der Waals surface area contributed by atoms with Crippen molar-refractivity contribution < 1.29 is 19.7 Å². The Morgan fingerprint density at radius 3 is 2.23 bits per heavy atom. The molecule has 3 aromatic rings. The molecule has 0 aromatic heterocycles. The minimum Gasteiger partial charge on any atom is -0.449 e. The van der Waals surface area contributed by atoms with Gasteiger partial charge in [-0.1, -0.05) is 72.3 Å². The summed E-state index contributed by atoms with van der Waals surface area (Å²) in [6.45, 7) is 3.90. The summed E-state index contributed by atoms with van der Waals surface area (Å²) in [6.07, 6.45) is -2.84. The fourth-order valence-corrected chi connectivity index (χ4v) is 4.23. The molecule has 1 aliphatic carbocycles. The molecule has 0 aliphatic heterocycles. The number of ether oxygens (including phenoxy) is 1. The third kappa shape index (κ3) is 4.33. The van der Waals surface area contributed by atoms with Crippen molar-refractivity contribution in [1.29, 1.82) is 0 Å². The van der Waals surface area contributed by atoms with Crippen LogP contribution in [-0.4, -0.2) is 35.6 Å². The van der Waals surface area contributed by atoms with E-state index in [-0.39, 0.29) is 19.1 Å². The largest absolute Gasteiger partial charge is 0.449 e. The Morgan fingerprint density at radius 2 is 1.58 bits per heavy atom. The SMILES string of the molecule is Cc1ccc(C)c(C(O)C(O)CNC(=O)OCC2c3ccccc3-c3ccccc32)c1. The quantitative estimate of drug-likeness (QED) is 0.561. The highest BCUT2D eigenvalue weighted by Gasteiger charge is 2.29. The third-order valence-electron chi connectivity index (χ3n) is 5.92. The second-order valence-electron chi connectivity index (χ2n) is 8.08. The zero-order valence-electron chi connectivity index (χ0n) is 17.7. The normalized spacial score (nSPS) is 14.5. The molecule has 0 heterocycles. The van der Waals surface area contributed by atoms with Crippen molar-refractivity contribution in [2.24, 2.45) is 0 Å². The molecule has 1 amide bonds. The minimum atomic E-state index is -1.14. The smallest absolute Gasteiger partial charge is 0.407 e. The Kier molecular flexibility index (Phi) is 6.07. The fourth-order valence-electron chi connectivity index (χ4n) is 4.23. The highest BCUT2D eigenvalue weighted by atomic mass is 16.5. The van der Waals surface area contributed by atoms with Crippen LogP contribution in [0.5, 0.6) is 0 Å². The van der Waals surface area contributed by atoms with Gasteiger partial charge in [0.1, 0.15) is 18.8 Å². The molecular formula is C26H27NO4. The van der Waals surface area contributed by atoms with E-state index in [1.807, 2.05) is 56.3 Å². The number of aliphatic hydroxyl groups is 2. The Labute approximate surface area is 182 Å². The molecular weight excluding hydrogens is 390 g/mol. The topological polar surface area (TPSA) is 78.8 Å². The van der Waals surface area contributed by atoms with E-state index in [2.05, 4.69) is 29.6 Å². The molecule has 0 spiro atoms. The first-order valence-corrected chi connectivity index (χ1v) is 10.5. The van der Waals surface area contributed by atoms with Gasteiger partial charge in [0.2, 0.25) is 0 Å². The van der Waals surface area contributed by atoms with Gasteiger partial charge in [-0.3, -0.25) is 0 Å². The number of benzene rings is 3. The zero-order valence-corrected chi connectivity index (χ0v) is 17.7. The zero-order chi connectivity index (χ0) is 22.0. The predicted octanol–water partition coefficient (Wildman–Crippen LogP) is 4.24. The lowest BCUT2D eigenvalue weighted by molar-refractivity contribution is 0.0182. The van der Waals surface area contributed by atoms with Crippen molar-refractivity contribution in [2.45, 2.75) is 32.0 Å². The summed E-state index contributed by atoms with van der Waals surface area (Å²) in [5.41, 5.74) is 7.15. The highest BCUT2D eigenvalue weighted by Crippen LogP contribution is 2.44. The highest BCUT2D eigenvalue weighted by molar-refractivity contribution is 5.79. The summed E-state index contributed by atoms with van der Waals surface area (Å²) in [6, 6.07) is 22.0. The number of rotatable bonds is 6. The summed E-state index contributed by atoms with van der Waals surface area (Å²) in [5, 5.41) is 23.4. The lowest BCUT2D eigenvalue weighted by Crippen LogP contribution is -2.36. The first-order valence-electron chi connectivity index (χ1n) is 10.5. The van der Waals surface area contributed by atoms with Crippen molar-refractivity contribution in [3.05, 3.63) is 94.5 Å². The van der Waals surface area contributed by atoms with Gasteiger partial charge in [-0.15, -0.1) is 0 Å². The van der Waals surface area contributed by atoms with Gasteiger partial charge in [-0.2, -0.15) is 0 Å². The maximum absolute atomic E-state index is 12.3. The molecule has 3 N–H and O–H groups in total. The van der Waals surface area contributed by atoms with E-state index in [9.17, 15) is 15.0 Å². The lowest BCUT2D eigenvalue weighted by Gasteiger charge is -2.21. The van der Waals surface area contributed by atoms with E-state index in [1.54, 1.807) is 0 Å². The number of carbonyl (C=O) groups is 1. The van der Waals surface area contributed by atoms with Crippen LogP contribution < -0.4 is 5.32 Å². The number of nitrogens with one attached hydrogen (secondary N) is 1. The monoisotopic (exact) mass is 417 g/mol. The van der Waals surface area contributed by atoms with Gasteiger partial charge in [0, 0.05) is 12.5 Å². The van der Waals surface area contributed by atoms with Crippen LogP contribution in [0.4, 0.5) is 4.79 Å². The fraction of sp³-hybridized carbons (Fsp3) is 0.269. The van der Waals surface area contributed by atoms with Crippen molar-refractivity contribution in [2.75, 3.05) is 13.2 Å². The second-order valence-corrected chi connectivity index (χ2v) is 8.08. The average molecular weight is 418 g/mol. The standard InChI is InChI=1S/C26H27NO4/c1-16-11-12-17(2)22(13-16)25(29)24(28)14-27-26(30)31-15-23-20-9-5-3-7-18(20)19-8-4-6-10-21(19)23/h3-13,23-25,28-29H,14-15H2,1-2H3,(H,27,30). The molecule has 0 saturated heterocycles. The van der Waals surface area contributed by atoms with Crippen molar-refractivity contribution in [1.82, 2.24) is 5.32 Å². The first-order chi connectivity index (χ1) is 15.0. The van der Waals surface area contributed by atoms with E-state index >= 15 is 0 Å². The molecule has 5 nitrogen and oxygen atoms in total. The van der Waals surface area contributed by atoms with Gasteiger partial charge >= 0.3 is 6.09 Å². The summed E-state index contributed by atoms with van der Waals surface area (Å²) >= 11 is 0. The molecule has 1 aliphatic rings. The maximum Gasteiger partial charge on any atom is 0.407 e. The Bertz CT molecular complexity index is 1050. The van der Waals surface area contributed by atoms with Crippen LogP contribution in [0.2, 0.25) is 0 Å². The molecule has 0 radical (unpaired) electrons. The van der Waals surface area contributed by atoms with Gasteiger partial charge in [-0.05, 0) is 47.2 Å². The Morgan fingerprint density at radius 1 is 0.968 bits per heavy atom. The first kappa shape index (κ1) is 21.1. The van der Waals surface area contributed by atoms with E-state index < -0.39 is 18.3 Å². The molecule has 160 valence electrons. The van der Waals surface area contributed by atoms with Gasteiger partial charge in [-0.25, -0.2) is 4.79 Å². The molecule has 2 unspecified atom stereocenters. The van der Waals surface area contributed by atoms with E-state index in [0.717, 1.165) is 22.3 Å². The van der Waals surface area contributed by atoms with E-state index in [4.69, 9.17) is 4.74 Å². The van der Waals surface area contributed by atoms with Gasteiger partial charge < -0.3 is 20.3 Å². The van der Waals surface area contributed by atoms with Crippen LogP contribution in [0.25, 0.3) is 11.1 Å². The molecule has 0 bridgehead atoms. The second kappa shape index (κ2) is 8.92. The summed E-state index contributed by atoms with van der Waals surface area (Å²) in [7, 11) is 0. The molecule has 3 aromatic carbocycles. The van der Waals surface area contributed by atoms with Gasteiger partial charge in [0.15, 0.2) is 0 Å². The molecule has 2 atom stereocenters. The summed E-state index contributed by atoms with van der Waals surface area (Å²) in [5.74, 6) is -0.0244. The van der Waals surface area contributed by atoms with E-state index in [1.165, 1.54) is 11.1 Å². The van der Waals surface area contributed by atoms with Crippen LogP contribution in [0.1, 0.15) is 39.8 Å². The minimum absolute atomic E-state index is 0.0244. The van der Waals surface area contributed by atoms with Crippen molar-refractivity contribution in [3.63, 3.8) is 0 Å². The summed E-state index contributed by atoms with van der Waals surface area (Å²) in [4.78, 5) is 12.3. The molecule has 4 rings (SSSR count). The Hall–Kier alpha value is -3.15. The number of aryl methyl sites for hydroxylation is 2. The third-order valence-corrected chi connectivity index (χ3v) is 5.92. The van der Waals surface area contributed by atoms with Crippen LogP contribution in [-0.2, 0) is 4.74 Å². The number of hydrogen-bond acceptors (Lipinski definition) is 4. The number of fused-ring (bicyclic) bond motifs is 3. The maximum atomic E-state index is 12.3. The van der Waals surface area contributed by atoms with Gasteiger partial charge in [0.25, 0.3) is 0 Å². The molecule has 31 heavy (non-hydrogen) atoms. The Balaban J connectivity index is 1.35. The van der Waals surface area contributed by atoms with Crippen molar-refractivity contribution >= 4 is 6.09 Å². The van der Waals surface area contributed by atoms with Crippen LogP contribution in [0.3, 0.4) is 0 Å². The van der Waals surface area contributed by atoms with Crippen LogP contribution in [0.15, 0.2) is 66.7 Å². The number of amides is 1. The number of aliphatic hydroxyl groups excluding tert-OH is 2. The predicted molar refractivity (Wildman–Crippen MR) is 120 cm³/mol. The van der Waals surface area contributed by atoms with E-state index in [0.29, 0.717) is 5.56 Å². The number of hydrogen-bond donors (Lipinski definition) is 3. The molecule has 0 saturated carbocycles. The lowest BCUT2D eigenvalue weighted by atomic mass is 9.97. The van der Waals surface area contributed by atoms with Crippen molar-refractivity contribution in [3.8, 4) is 11.1 Å². The number of carbonyl (C=O) groups excluding carboxylic acids is 1. The molecule has 5 heteroatoms. The number of alkyl carbamates (subject to hydrolysis) is 1. The van der Waals surface area contributed by atoms with Crippen LogP contribution in [0, 0.1) is 13.8 Å².